The Morgan fingerprint density at radius 1 is 1.29 bits per heavy atom. The van der Waals surface area contributed by atoms with Crippen LogP contribution < -0.4 is 0 Å². The largest absolute Gasteiger partial charge is 1.00 e. The molecule has 1 aromatic heterocycles. The van der Waals surface area contributed by atoms with Gasteiger partial charge in [0.15, 0.2) is 0 Å². The summed E-state index contributed by atoms with van der Waals surface area (Å²) in [5, 5.41) is 0. The summed E-state index contributed by atoms with van der Waals surface area (Å²) in [5.74, 6) is 0. The quantitative estimate of drug-likeness (QED) is 0.425. The molecule has 0 amide bonds. The van der Waals surface area contributed by atoms with Crippen LogP contribution in [0.3, 0.4) is 0 Å². The van der Waals surface area contributed by atoms with Gasteiger partial charge in [-0.2, -0.15) is 18.2 Å². The molecule has 0 atom stereocenters. The topological polar surface area (TPSA) is 12.9 Å². The maximum absolute atomic E-state index is 3.66. The molecule has 0 bridgehead atoms. The predicted molar refractivity (Wildman–Crippen MR) is 23.1 cm³/mol. The van der Waals surface area contributed by atoms with Crippen molar-refractivity contribution in [2.75, 3.05) is 0 Å². The Balaban J connectivity index is 0.000000360. The Bertz CT molecular complexity index is 80.0. The molecule has 0 aliphatic heterocycles. The molecule has 1 radical (unpaired) electrons. The van der Waals surface area contributed by atoms with Crippen LogP contribution in [0.2, 0.25) is 0 Å². The maximum atomic E-state index is 3.66. The molecule has 1 nitrogen and oxygen atoms in total. The second kappa shape index (κ2) is 3.95. The van der Waals surface area contributed by atoms with Crippen LogP contribution in [-0.2, 0) is 19.5 Å². The van der Waals surface area contributed by atoms with Crippen molar-refractivity contribution < 1.29 is 19.5 Å². The second-order valence-corrected chi connectivity index (χ2v) is 0.959. The van der Waals surface area contributed by atoms with Crippen LogP contribution >= 0.6 is 0 Å². The van der Waals surface area contributed by atoms with Gasteiger partial charge in [0, 0.05) is 0 Å². The fourth-order valence-electron chi connectivity index (χ4n) is 0.277. The van der Waals surface area contributed by atoms with E-state index in [4.69, 9.17) is 0 Å². The van der Waals surface area contributed by atoms with Gasteiger partial charge in [0.2, 0.25) is 0 Å². The molecule has 0 N–H and O–H groups in total. The zero-order valence-electron chi connectivity index (χ0n) is 3.61. The molecule has 1 rings (SSSR count). The molecule has 1 aromatic rings. The van der Waals surface area contributed by atoms with Gasteiger partial charge in [-0.1, -0.05) is 12.4 Å². The first-order chi connectivity index (χ1) is 3.00. The van der Waals surface area contributed by atoms with E-state index in [2.05, 4.69) is 11.2 Å². The predicted octanol–water partition coefficient (Wildman–Crippen LogP) is 0.879. The Kier molecular flexibility index (Phi) is 3.82. The summed E-state index contributed by atoms with van der Waals surface area (Å²) in [6.07, 6.45) is 4.34. The monoisotopic (exact) mass is 180 g/mol. The van der Waals surface area contributed by atoms with Crippen LogP contribution in [0.5, 0.6) is 0 Å². The summed E-state index contributed by atoms with van der Waals surface area (Å²) in [6.45, 7) is 0. The van der Waals surface area contributed by atoms with E-state index in [1.165, 1.54) is 0 Å². The Labute approximate surface area is 55.5 Å². The molecule has 7 heavy (non-hydrogen) atoms. The van der Waals surface area contributed by atoms with Gasteiger partial charge >= 0.3 is 19.5 Å². The van der Waals surface area contributed by atoms with Gasteiger partial charge in [-0.15, -0.1) is 0 Å². The van der Waals surface area contributed by atoms with E-state index in [1.54, 1.807) is 12.3 Å². The molecular weight excluding hydrogens is 175 g/mol. The van der Waals surface area contributed by atoms with Crippen LogP contribution in [-0.4, -0.2) is 4.98 Å². The molecule has 0 aliphatic carbocycles. The van der Waals surface area contributed by atoms with E-state index >= 15 is 0 Å². The maximum Gasteiger partial charge on any atom is 1.00 e. The zero-order valence-corrected chi connectivity index (χ0v) is 5.35. The van der Waals surface area contributed by atoms with Gasteiger partial charge in [0.05, 0.1) is 0 Å². The molecule has 0 fully saturated rings. The van der Waals surface area contributed by atoms with E-state index < -0.39 is 0 Å². The number of hydrogen-bond donors (Lipinski definition) is 0. The van der Waals surface area contributed by atoms with Crippen LogP contribution in [0.4, 0.5) is 0 Å². The van der Waals surface area contributed by atoms with Gasteiger partial charge < -0.3 is 4.98 Å². The number of rotatable bonds is 0. The van der Waals surface area contributed by atoms with Crippen LogP contribution in [0, 0.1) is 6.20 Å². The molecule has 0 spiro atoms. The average Bonchev–Trinajstić information content (AvgIpc) is 1.72. The van der Waals surface area contributed by atoms with Crippen molar-refractivity contribution in [1.29, 1.82) is 0 Å². The van der Waals surface area contributed by atoms with Crippen molar-refractivity contribution in [2.45, 2.75) is 0 Å². The summed E-state index contributed by atoms with van der Waals surface area (Å²) in [5.41, 5.74) is 0. The van der Waals surface area contributed by atoms with E-state index in [0.717, 1.165) is 0 Å². The molecular formula is C5H4NRu. The molecule has 2 heteroatoms. The minimum Gasteiger partial charge on any atom is -0.394 e. The van der Waals surface area contributed by atoms with Crippen molar-refractivity contribution in [1.82, 2.24) is 4.98 Å². The van der Waals surface area contributed by atoms with Crippen molar-refractivity contribution in [3.05, 3.63) is 30.6 Å². The SMILES string of the molecule is [Ru+].[c-]1ccccn1. The van der Waals surface area contributed by atoms with Crippen molar-refractivity contribution in [3.8, 4) is 0 Å². The molecule has 0 aromatic carbocycles. The van der Waals surface area contributed by atoms with Gasteiger partial charge in [-0.3, -0.25) is 0 Å². The Hall–Kier alpha value is -0.227. The third-order valence-corrected chi connectivity index (χ3v) is 0.517. The minimum atomic E-state index is 0. The van der Waals surface area contributed by atoms with Gasteiger partial charge in [0.1, 0.15) is 0 Å². The van der Waals surface area contributed by atoms with Crippen LogP contribution in [0.1, 0.15) is 0 Å². The minimum absolute atomic E-state index is 0. The first-order valence-corrected chi connectivity index (χ1v) is 1.77. The summed E-state index contributed by atoms with van der Waals surface area (Å²) < 4.78 is 0. The zero-order chi connectivity index (χ0) is 4.24. The Morgan fingerprint density at radius 3 is 2.29 bits per heavy atom. The van der Waals surface area contributed by atoms with E-state index in [0.29, 0.717) is 0 Å². The average molecular weight is 179 g/mol. The van der Waals surface area contributed by atoms with Crippen LogP contribution in [0.25, 0.3) is 0 Å². The van der Waals surface area contributed by atoms with E-state index in [1.807, 2.05) is 12.1 Å². The summed E-state index contributed by atoms with van der Waals surface area (Å²) in [7, 11) is 0. The third kappa shape index (κ3) is 2.47. The molecule has 0 aliphatic rings. The Morgan fingerprint density at radius 2 is 2.14 bits per heavy atom. The van der Waals surface area contributed by atoms with Crippen molar-refractivity contribution in [2.24, 2.45) is 0 Å². The molecule has 1 heterocycles. The standard InChI is InChI=1S/C5H4N.Ru/c1-2-4-6-5-3-1;/h1-4H;/q-1;+1. The molecule has 0 unspecified atom stereocenters. The summed E-state index contributed by atoms with van der Waals surface area (Å²) in [4.78, 5) is 3.66. The molecule has 0 saturated carbocycles. The molecule has 37 valence electrons. The number of hydrogen-bond acceptors (Lipinski definition) is 1. The normalized spacial score (nSPS) is 6.86. The van der Waals surface area contributed by atoms with Crippen LogP contribution in [0.15, 0.2) is 24.4 Å². The number of pyridine rings is 1. The van der Waals surface area contributed by atoms with Gasteiger partial charge in [-0.05, 0) is 0 Å². The second-order valence-electron chi connectivity index (χ2n) is 0.959. The van der Waals surface area contributed by atoms with Crippen molar-refractivity contribution in [3.63, 3.8) is 0 Å². The first kappa shape index (κ1) is 6.77. The van der Waals surface area contributed by atoms with Gasteiger partial charge in [0.25, 0.3) is 0 Å². The molecule has 0 saturated heterocycles. The van der Waals surface area contributed by atoms with Gasteiger partial charge in [-0.25, -0.2) is 0 Å². The van der Waals surface area contributed by atoms with Crippen molar-refractivity contribution >= 4 is 0 Å². The fourth-order valence-corrected chi connectivity index (χ4v) is 0.277. The van der Waals surface area contributed by atoms with E-state index in [9.17, 15) is 0 Å². The number of nitrogens with zero attached hydrogens (tertiary/aromatic N) is 1. The van der Waals surface area contributed by atoms with E-state index in [-0.39, 0.29) is 19.5 Å². The number of aromatic nitrogens is 1. The first-order valence-electron chi connectivity index (χ1n) is 1.77. The summed E-state index contributed by atoms with van der Waals surface area (Å²) in [6, 6.07) is 5.50. The third-order valence-electron chi connectivity index (χ3n) is 0.517. The smallest absolute Gasteiger partial charge is 0.394 e. The fraction of sp³-hybridized carbons (Fsp3) is 0. The summed E-state index contributed by atoms with van der Waals surface area (Å²) >= 11 is 0.